The molecule has 3 aliphatic heterocycles. The zero-order valence-electron chi connectivity index (χ0n) is 21.3. The Morgan fingerprint density at radius 3 is 2.71 bits per heavy atom. The zero-order chi connectivity index (χ0) is 25.5. The first-order chi connectivity index (χ1) is 16.4. The summed E-state index contributed by atoms with van der Waals surface area (Å²) in [5.41, 5.74) is 0.156. The third-order valence-electron chi connectivity index (χ3n) is 6.29. The van der Waals surface area contributed by atoms with Crippen LogP contribution in [0, 0.1) is 0 Å². The maximum Gasteiger partial charge on any atom is 0.407 e. The molecule has 1 aromatic rings. The summed E-state index contributed by atoms with van der Waals surface area (Å²) in [4.78, 5) is 22.7. The van der Waals surface area contributed by atoms with Crippen molar-refractivity contribution >= 4 is 35.4 Å². The number of hydrogen-bond acceptors (Lipinski definition) is 8. The van der Waals surface area contributed by atoms with E-state index in [1.165, 1.54) is 0 Å². The van der Waals surface area contributed by atoms with Crippen molar-refractivity contribution in [3.63, 3.8) is 0 Å². The van der Waals surface area contributed by atoms with Gasteiger partial charge in [0, 0.05) is 38.9 Å². The third-order valence-corrected chi connectivity index (χ3v) is 6.66. The van der Waals surface area contributed by atoms with Gasteiger partial charge in [0.1, 0.15) is 34.9 Å². The van der Waals surface area contributed by atoms with Crippen molar-refractivity contribution in [1.29, 1.82) is 0 Å². The number of aliphatic imine (C=N–C) groups is 2. The summed E-state index contributed by atoms with van der Waals surface area (Å²) < 4.78 is 26.3. The molecule has 1 N–H and O–H groups in total. The number of fused-ring (bicyclic) bond motifs is 1. The Kier molecular flexibility index (Phi) is 7.32. The van der Waals surface area contributed by atoms with Crippen molar-refractivity contribution in [3.05, 3.63) is 17.8 Å². The fourth-order valence-electron chi connectivity index (χ4n) is 4.97. The second kappa shape index (κ2) is 9.82. The van der Waals surface area contributed by atoms with E-state index in [0.717, 1.165) is 13.0 Å². The van der Waals surface area contributed by atoms with E-state index in [4.69, 9.17) is 30.5 Å². The van der Waals surface area contributed by atoms with E-state index in [1.54, 1.807) is 7.05 Å². The molecule has 4 rings (SSSR count). The summed E-state index contributed by atoms with van der Waals surface area (Å²) in [6.45, 7) is 15.3. The number of carbonyl (C=O) groups is 1. The number of ether oxygens (including phenoxy) is 4. The van der Waals surface area contributed by atoms with Crippen LogP contribution in [0.25, 0.3) is 0 Å². The van der Waals surface area contributed by atoms with Gasteiger partial charge < -0.3 is 28.8 Å². The largest absolute Gasteiger partial charge is 0.444 e. The third kappa shape index (κ3) is 5.72. The molecule has 1 aromatic heterocycles. The van der Waals surface area contributed by atoms with E-state index in [1.807, 2.05) is 51.4 Å². The van der Waals surface area contributed by atoms with Crippen molar-refractivity contribution < 1.29 is 23.7 Å². The molecule has 1 amide bonds. The Labute approximate surface area is 211 Å². The van der Waals surface area contributed by atoms with Crippen LogP contribution in [-0.4, -0.2) is 89.9 Å². The number of hydrogen-bond donors (Lipinski definition) is 1. The van der Waals surface area contributed by atoms with Crippen LogP contribution in [0.3, 0.4) is 0 Å². The first-order valence-electron chi connectivity index (χ1n) is 11.9. The van der Waals surface area contributed by atoms with Crippen molar-refractivity contribution in [2.75, 3.05) is 26.7 Å². The average molecular weight is 510 g/mol. The van der Waals surface area contributed by atoms with Gasteiger partial charge in [-0.15, -0.1) is 0 Å². The summed E-state index contributed by atoms with van der Waals surface area (Å²) in [5, 5.41) is 3.32. The quantitative estimate of drug-likeness (QED) is 0.590. The highest BCUT2D eigenvalue weighted by Crippen LogP contribution is 2.45. The Hall–Kier alpha value is -1.98. The molecule has 0 aliphatic carbocycles. The lowest BCUT2D eigenvalue weighted by molar-refractivity contribution is -0.197. The van der Waals surface area contributed by atoms with Crippen LogP contribution in [0.15, 0.2) is 22.2 Å². The number of halogens is 1. The van der Waals surface area contributed by atoms with E-state index in [9.17, 15) is 4.79 Å². The maximum atomic E-state index is 12.2. The summed E-state index contributed by atoms with van der Waals surface area (Å²) in [6.07, 6.45) is 1.04. The van der Waals surface area contributed by atoms with Gasteiger partial charge in [-0.3, -0.25) is 9.89 Å². The summed E-state index contributed by atoms with van der Waals surface area (Å²) in [7, 11) is 1.63. The molecule has 3 fully saturated rings. The molecule has 5 atom stereocenters. The highest BCUT2D eigenvalue weighted by Gasteiger charge is 2.56. The molecule has 0 aromatic carbocycles. The standard InChI is InChI=1S/C24H36ClN5O5/c1-23(2,3)35-22(31)28-14-8-10-29(12-14)13-16-17-18(34-24(4,5)33-17)21(32-16)30-11-9-15(19(25)26-6)20(30)27-7/h9,11,14,16-18,21H,7-8,10,12-13H2,1-6H3,(H,28,31)/b26-19+/t14?,16-,17-,18-,21-/m1/s1. The number of carbonyl (C=O) groups excluding carboxylic acids is 1. The topological polar surface area (TPSA) is 98.9 Å². The molecule has 11 heteroatoms. The maximum absolute atomic E-state index is 12.2. The number of amides is 1. The van der Waals surface area contributed by atoms with E-state index in [2.05, 4.69) is 26.9 Å². The van der Waals surface area contributed by atoms with Crippen LogP contribution in [0.1, 0.15) is 52.8 Å². The minimum absolute atomic E-state index is 0.0223. The van der Waals surface area contributed by atoms with E-state index in [-0.39, 0.29) is 24.4 Å². The van der Waals surface area contributed by atoms with Gasteiger partial charge in [0.25, 0.3) is 0 Å². The van der Waals surface area contributed by atoms with E-state index >= 15 is 0 Å². The van der Waals surface area contributed by atoms with Crippen molar-refractivity contribution in [2.24, 2.45) is 9.98 Å². The number of nitrogens with zero attached hydrogens (tertiary/aromatic N) is 4. The fourth-order valence-corrected chi connectivity index (χ4v) is 5.12. The summed E-state index contributed by atoms with van der Waals surface area (Å²) in [6, 6.07) is 1.87. The minimum atomic E-state index is -0.734. The Morgan fingerprint density at radius 1 is 1.34 bits per heavy atom. The molecule has 3 aliphatic rings. The van der Waals surface area contributed by atoms with Crippen LogP contribution >= 0.6 is 11.6 Å². The van der Waals surface area contributed by atoms with Crippen LogP contribution < -0.4 is 5.32 Å². The molecular weight excluding hydrogens is 474 g/mol. The van der Waals surface area contributed by atoms with Gasteiger partial charge in [-0.2, -0.15) is 0 Å². The molecule has 194 valence electrons. The molecule has 0 spiro atoms. The Morgan fingerprint density at radius 2 is 2.06 bits per heavy atom. The van der Waals surface area contributed by atoms with Gasteiger partial charge >= 0.3 is 6.09 Å². The second-order valence-electron chi connectivity index (χ2n) is 10.7. The molecular formula is C24H36ClN5O5. The predicted octanol–water partition coefficient (Wildman–Crippen LogP) is 3.45. The van der Waals surface area contributed by atoms with Crippen LogP contribution in [0.5, 0.6) is 0 Å². The molecule has 0 bridgehead atoms. The predicted molar refractivity (Wildman–Crippen MR) is 134 cm³/mol. The van der Waals surface area contributed by atoms with Crippen LogP contribution in [-0.2, 0) is 18.9 Å². The normalized spacial score (nSPS) is 30.9. The molecule has 3 saturated heterocycles. The van der Waals surface area contributed by atoms with Crippen molar-refractivity contribution in [2.45, 2.75) is 83.0 Å². The zero-order valence-corrected chi connectivity index (χ0v) is 22.0. The van der Waals surface area contributed by atoms with Gasteiger partial charge in [-0.25, -0.2) is 9.79 Å². The number of alkyl carbamates (subject to hydrolysis) is 1. The molecule has 4 heterocycles. The number of likely N-dealkylation sites (tertiary alicyclic amines) is 1. The highest BCUT2D eigenvalue weighted by atomic mass is 35.5. The van der Waals surface area contributed by atoms with Crippen LogP contribution in [0.4, 0.5) is 10.6 Å². The lowest BCUT2D eigenvalue weighted by atomic mass is 10.1. The van der Waals surface area contributed by atoms with E-state index < -0.39 is 23.7 Å². The van der Waals surface area contributed by atoms with Crippen molar-refractivity contribution in [3.8, 4) is 0 Å². The lowest BCUT2D eigenvalue weighted by Gasteiger charge is -2.27. The molecule has 35 heavy (non-hydrogen) atoms. The lowest BCUT2D eigenvalue weighted by Crippen LogP contribution is -2.43. The molecule has 1 unspecified atom stereocenters. The first-order valence-corrected chi connectivity index (χ1v) is 12.3. The minimum Gasteiger partial charge on any atom is -0.444 e. The van der Waals surface area contributed by atoms with Crippen molar-refractivity contribution in [1.82, 2.24) is 14.8 Å². The molecule has 0 saturated carbocycles. The van der Waals surface area contributed by atoms with Gasteiger partial charge in [-0.1, -0.05) is 11.6 Å². The van der Waals surface area contributed by atoms with Gasteiger partial charge in [0.15, 0.2) is 12.0 Å². The molecule has 10 nitrogen and oxygen atoms in total. The van der Waals surface area contributed by atoms with Gasteiger partial charge in [0.05, 0.1) is 5.56 Å². The highest BCUT2D eigenvalue weighted by molar-refractivity contribution is 6.70. The van der Waals surface area contributed by atoms with Gasteiger partial charge in [0.2, 0.25) is 0 Å². The first kappa shape index (κ1) is 26.1. The number of rotatable bonds is 6. The Balaban J connectivity index is 1.46. The molecule has 0 radical (unpaired) electrons. The van der Waals surface area contributed by atoms with Crippen LogP contribution in [0.2, 0.25) is 0 Å². The number of aromatic nitrogens is 1. The van der Waals surface area contributed by atoms with E-state index in [0.29, 0.717) is 29.6 Å². The SMILES string of the molecule is C=Nc1c(/C(Cl)=N\C)ccn1[C@@H]1O[C@H](CN2CCC(NC(=O)OC(C)(C)C)C2)[C@H]2OC(C)(C)O[C@H]21. The summed E-state index contributed by atoms with van der Waals surface area (Å²) >= 11 is 6.28. The fraction of sp³-hybridized carbons (Fsp3) is 0.708. The second-order valence-corrected chi connectivity index (χ2v) is 11.0. The average Bonchev–Trinajstić information content (AvgIpc) is 3.50. The smallest absolute Gasteiger partial charge is 0.407 e. The summed E-state index contributed by atoms with van der Waals surface area (Å²) in [5.74, 6) is -0.164. The monoisotopic (exact) mass is 509 g/mol. The number of nitrogens with one attached hydrogen (secondary N) is 1. The van der Waals surface area contributed by atoms with Gasteiger partial charge in [-0.05, 0) is 53.8 Å². The Bertz CT molecular complexity index is 987.